The van der Waals surface area contributed by atoms with Gasteiger partial charge in [0, 0.05) is 12.1 Å². The molecule has 0 bridgehead atoms. The maximum Gasteiger partial charge on any atom is 0.440 e. The molecular formula is C11H13N5O6. The largest absolute Gasteiger partial charge is 0.480 e. The van der Waals surface area contributed by atoms with E-state index in [4.69, 9.17) is 0 Å². The summed E-state index contributed by atoms with van der Waals surface area (Å²) < 4.78 is 4.51. The number of hydrazine groups is 3. The van der Waals surface area contributed by atoms with Crippen LogP contribution in [0.25, 0.3) is 0 Å². The number of nitro groups is 1. The first-order valence-electron chi connectivity index (χ1n) is 6.06. The lowest BCUT2D eigenvalue weighted by molar-refractivity contribution is -0.384. The molecule has 1 heterocycles. The lowest BCUT2D eigenvalue weighted by Gasteiger charge is -2.37. The third-order valence-corrected chi connectivity index (χ3v) is 3.02. The van der Waals surface area contributed by atoms with E-state index in [0.29, 0.717) is 5.56 Å². The molecule has 0 radical (unpaired) electrons. The van der Waals surface area contributed by atoms with Crippen molar-refractivity contribution in [3.8, 4) is 0 Å². The van der Waals surface area contributed by atoms with Gasteiger partial charge >= 0.3 is 12.1 Å². The van der Waals surface area contributed by atoms with Gasteiger partial charge in [-0.15, -0.1) is 5.53 Å². The first kappa shape index (κ1) is 15.6. The van der Waals surface area contributed by atoms with E-state index in [1.807, 2.05) is 0 Å². The molecule has 4 N–H and O–H groups in total. The molecule has 22 heavy (non-hydrogen) atoms. The second-order valence-electron chi connectivity index (χ2n) is 4.33. The molecule has 11 nitrogen and oxygen atoms in total. The number of ether oxygens (including phenoxy) is 1. The van der Waals surface area contributed by atoms with E-state index >= 15 is 0 Å². The Balaban J connectivity index is 2.27. The van der Waals surface area contributed by atoms with Gasteiger partial charge in [0.05, 0.1) is 18.1 Å². The Hall–Kier alpha value is -2.76. The van der Waals surface area contributed by atoms with Gasteiger partial charge in [0.25, 0.3) is 5.69 Å². The number of carbonyl (C=O) groups excluding carboxylic acids is 1. The summed E-state index contributed by atoms with van der Waals surface area (Å²) in [5.74, 6) is -1.17. The first-order valence-corrected chi connectivity index (χ1v) is 6.06. The van der Waals surface area contributed by atoms with Gasteiger partial charge < -0.3 is 9.84 Å². The van der Waals surface area contributed by atoms with E-state index in [1.165, 1.54) is 24.3 Å². The van der Waals surface area contributed by atoms with Crippen LogP contribution in [0.1, 0.15) is 11.6 Å². The summed E-state index contributed by atoms with van der Waals surface area (Å²) >= 11 is 0. The smallest absolute Gasteiger partial charge is 0.440 e. The van der Waals surface area contributed by atoms with Crippen LogP contribution in [0.5, 0.6) is 0 Å². The number of rotatable bonds is 3. The summed E-state index contributed by atoms with van der Waals surface area (Å²) in [6.45, 7) is 0. The Labute approximate surface area is 123 Å². The molecule has 1 amide bonds. The number of benzene rings is 1. The highest BCUT2D eigenvalue weighted by Gasteiger charge is 2.37. The van der Waals surface area contributed by atoms with Gasteiger partial charge in [0.1, 0.15) is 6.04 Å². The first-order chi connectivity index (χ1) is 10.4. The van der Waals surface area contributed by atoms with Crippen molar-refractivity contribution in [2.45, 2.75) is 12.1 Å². The molecule has 1 aromatic carbocycles. The maximum absolute atomic E-state index is 11.5. The number of nitro benzene ring substituents is 1. The summed E-state index contributed by atoms with van der Waals surface area (Å²) in [6, 6.07) is 3.37. The number of amides is 1. The van der Waals surface area contributed by atoms with Crippen LogP contribution < -0.4 is 16.4 Å². The van der Waals surface area contributed by atoms with Gasteiger partial charge in [-0.1, -0.05) is 12.1 Å². The normalized spacial score (nSPS) is 21.2. The molecule has 0 spiro atoms. The average Bonchev–Trinajstić information content (AvgIpc) is 2.53. The molecule has 1 fully saturated rings. The molecule has 1 aromatic rings. The maximum atomic E-state index is 11.5. The number of carboxylic acids is 1. The van der Waals surface area contributed by atoms with Gasteiger partial charge in [0.15, 0.2) is 0 Å². The highest BCUT2D eigenvalue weighted by Crippen LogP contribution is 2.22. The molecule has 1 saturated heterocycles. The van der Waals surface area contributed by atoms with E-state index in [0.717, 1.165) is 12.2 Å². The highest BCUT2D eigenvalue weighted by molar-refractivity contribution is 5.75. The van der Waals surface area contributed by atoms with Crippen LogP contribution in [-0.2, 0) is 9.53 Å². The van der Waals surface area contributed by atoms with Crippen molar-refractivity contribution in [1.29, 1.82) is 0 Å². The van der Waals surface area contributed by atoms with Crippen molar-refractivity contribution in [2.24, 2.45) is 0 Å². The number of hydrogen-bond donors (Lipinski definition) is 4. The van der Waals surface area contributed by atoms with Crippen LogP contribution in [0.15, 0.2) is 24.3 Å². The number of nitrogens with one attached hydrogen (secondary N) is 3. The lowest BCUT2D eigenvalue weighted by atomic mass is 10.00. The third kappa shape index (κ3) is 3.11. The van der Waals surface area contributed by atoms with Crippen LogP contribution >= 0.6 is 0 Å². The monoisotopic (exact) mass is 311 g/mol. The fourth-order valence-electron chi connectivity index (χ4n) is 1.93. The number of methoxy groups -OCH3 is 1. The summed E-state index contributed by atoms with van der Waals surface area (Å²) in [7, 11) is 1.16. The van der Waals surface area contributed by atoms with Crippen LogP contribution in [0.2, 0.25) is 0 Å². The van der Waals surface area contributed by atoms with Crippen LogP contribution in [0.3, 0.4) is 0 Å². The molecule has 1 aliphatic heterocycles. The quantitative estimate of drug-likeness (QED) is 0.435. The van der Waals surface area contributed by atoms with Gasteiger partial charge in [-0.25, -0.2) is 15.6 Å². The highest BCUT2D eigenvalue weighted by atomic mass is 16.6. The van der Waals surface area contributed by atoms with Gasteiger partial charge in [-0.2, -0.15) is 5.12 Å². The molecule has 11 heteroatoms. The average molecular weight is 311 g/mol. The van der Waals surface area contributed by atoms with Crippen molar-refractivity contribution < 1.29 is 24.4 Å². The molecule has 0 aliphatic carbocycles. The topological polar surface area (TPSA) is 146 Å². The zero-order valence-electron chi connectivity index (χ0n) is 11.3. The minimum atomic E-state index is -1.17. The van der Waals surface area contributed by atoms with Crippen LogP contribution in [0.4, 0.5) is 10.5 Å². The Kier molecular flexibility index (Phi) is 4.50. The van der Waals surface area contributed by atoms with E-state index in [2.05, 4.69) is 21.1 Å². The van der Waals surface area contributed by atoms with E-state index in [1.54, 1.807) is 0 Å². The number of carboxylic acid groups (broad SMARTS) is 1. The predicted octanol–water partition coefficient (Wildman–Crippen LogP) is -0.315. The Bertz CT molecular complexity index is 591. The molecule has 0 aromatic heterocycles. The Morgan fingerprint density at radius 3 is 2.50 bits per heavy atom. The fraction of sp³-hybridized carbons (Fsp3) is 0.273. The Morgan fingerprint density at radius 1 is 1.36 bits per heavy atom. The van der Waals surface area contributed by atoms with E-state index in [9.17, 15) is 24.8 Å². The van der Waals surface area contributed by atoms with E-state index in [-0.39, 0.29) is 5.69 Å². The van der Waals surface area contributed by atoms with Crippen molar-refractivity contribution in [2.75, 3.05) is 7.11 Å². The molecular weight excluding hydrogens is 298 g/mol. The second kappa shape index (κ2) is 6.34. The molecule has 1 aliphatic rings. The number of non-ortho nitro benzene ring substituents is 1. The SMILES string of the molecule is COC(=O)N1NNC(C(=O)O)C(c2ccc([N+](=O)[O-])cc2)N1. The molecule has 0 saturated carbocycles. The van der Waals surface area contributed by atoms with Crippen molar-refractivity contribution in [3.63, 3.8) is 0 Å². The predicted molar refractivity (Wildman–Crippen MR) is 70.9 cm³/mol. The fourth-order valence-corrected chi connectivity index (χ4v) is 1.93. The van der Waals surface area contributed by atoms with Crippen molar-refractivity contribution in [1.82, 2.24) is 21.5 Å². The summed E-state index contributed by atoms with van der Waals surface area (Å²) in [6.07, 6.45) is -0.789. The summed E-state index contributed by atoms with van der Waals surface area (Å²) in [5.41, 5.74) is 7.75. The zero-order chi connectivity index (χ0) is 16.3. The van der Waals surface area contributed by atoms with Crippen molar-refractivity contribution in [3.05, 3.63) is 39.9 Å². The standard InChI is InChI=1S/C11H13N5O6/c1-22-11(19)15-13-8(9(10(17)18)12-14-15)6-2-4-7(5-3-6)16(20)21/h2-5,8-9,12-14H,1H3,(H,17,18). The number of aliphatic carboxylic acids is 1. The van der Waals surface area contributed by atoms with E-state index < -0.39 is 29.1 Å². The van der Waals surface area contributed by atoms with Gasteiger partial charge in [-0.05, 0) is 5.56 Å². The van der Waals surface area contributed by atoms with Crippen LogP contribution in [0, 0.1) is 10.1 Å². The van der Waals surface area contributed by atoms with Crippen LogP contribution in [-0.4, -0.2) is 40.4 Å². The number of hydrogen-bond acceptors (Lipinski definition) is 8. The van der Waals surface area contributed by atoms with Crippen molar-refractivity contribution >= 4 is 17.7 Å². The molecule has 2 unspecified atom stereocenters. The summed E-state index contributed by atoms with van der Waals surface area (Å²) in [4.78, 5) is 32.8. The summed E-state index contributed by atoms with van der Waals surface area (Å²) in [5, 5.41) is 20.7. The Morgan fingerprint density at radius 2 is 2.00 bits per heavy atom. The number of nitrogens with zero attached hydrogens (tertiary/aromatic N) is 2. The molecule has 2 atom stereocenters. The van der Waals surface area contributed by atoms with Gasteiger partial charge in [-0.3, -0.25) is 14.9 Å². The molecule has 118 valence electrons. The minimum Gasteiger partial charge on any atom is -0.480 e. The number of carbonyl (C=O) groups is 2. The third-order valence-electron chi connectivity index (χ3n) is 3.02. The zero-order valence-corrected chi connectivity index (χ0v) is 11.3. The molecule has 2 rings (SSSR count). The minimum absolute atomic E-state index is 0.123. The van der Waals surface area contributed by atoms with Gasteiger partial charge in [0.2, 0.25) is 0 Å². The second-order valence-corrected chi connectivity index (χ2v) is 4.33. The lowest BCUT2D eigenvalue weighted by Crippen LogP contribution is -2.69.